The van der Waals surface area contributed by atoms with Gasteiger partial charge in [0.05, 0.1) is 21.4 Å². The Kier molecular flexibility index (Phi) is 6.86. The third kappa shape index (κ3) is 4.63. The maximum absolute atomic E-state index is 13.0. The molecule has 1 heterocycles. The van der Waals surface area contributed by atoms with Gasteiger partial charge in [-0.15, -0.1) is 0 Å². The van der Waals surface area contributed by atoms with Crippen LogP contribution in [-0.2, 0) is 9.59 Å². The van der Waals surface area contributed by atoms with Gasteiger partial charge >= 0.3 is 0 Å². The van der Waals surface area contributed by atoms with E-state index in [1.54, 1.807) is 61.5 Å². The Hall–Kier alpha value is -3.03. The summed E-state index contributed by atoms with van der Waals surface area (Å²) in [5.74, 6) is -1.67. The fraction of sp³-hybridized carbons (Fsp3) is 0.0417. The lowest BCUT2D eigenvalue weighted by molar-refractivity contribution is -0.120. The average molecular weight is 535 g/mol. The summed E-state index contributed by atoms with van der Waals surface area (Å²) in [5.41, 5.74) is 2.14. The molecule has 0 bridgehead atoms. The van der Waals surface area contributed by atoms with Gasteiger partial charge in [0.2, 0.25) is 0 Å². The fourth-order valence-corrected chi connectivity index (χ4v) is 4.02. The minimum atomic E-state index is -0.658. The summed E-state index contributed by atoms with van der Waals surface area (Å²) in [6.45, 7) is 1.76. The third-order valence-corrected chi connectivity index (χ3v) is 6.46. The van der Waals surface area contributed by atoms with Crippen molar-refractivity contribution in [2.24, 2.45) is 0 Å². The number of hydrogen-bond donors (Lipinski definition) is 2. The molecule has 6 nitrogen and oxygen atoms in total. The van der Waals surface area contributed by atoms with Crippen LogP contribution in [0.15, 0.2) is 71.4 Å². The lowest BCUT2D eigenvalue weighted by Gasteiger charge is -2.17. The SMILES string of the molecule is Cc1ccc(Cl)cc1N1C(=O)C(Cl)=C(Nc2ccc(C(=O)Nc3cccc(Cl)c3Cl)cc2)C1=O. The van der Waals surface area contributed by atoms with Crippen molar-refractivity contribution in [2.45, 2.75) is 6.92 Å². The molecular weight excluding hydrogens is 520 g/mol. The van der Waals surface area contributed by atoms with E-state index < -0.39 is 17.7 Å². The van der Waals surface area contributed by atoms with E-state index in [9.17, 15) is 14.4 Å². The molecule has 0 spiro atoms. The van der Waals surface area contributed by atoms with Gasteiger partial charge in [0.15, 0.2) is 0 Å². The Morgan fingerprint density at radius 2 is 1.59 bits per heavy atom. The topological polar surface area (TPSA) is 78.5 Å². The third-order valence-electron chi connectivity index (χ3n) is 5.06. The van der Waals surface area contributed by atoms with Crippen molar-refractivity contribution >= 4 is 81.2 Å². The first kappa shape index (κ1) is 24.1. The molecule has 0 radical (unpaired) electrons. The van der Waals surface area contributed by atoms with Crippen molar-refractivity contribution in [3.63, 3.8) is 0 Å². The highest BCUT2D eigenvalue weighted by molar-refractivity contribution is 6.53. The largest absolute Gasteiger partial charge is 0.350 e. The number of aryl methyl sites for hydroxylation is 1. The zero-order valence-electron chi connectivity index (χ0n) is 17.5. The molecule has 172 valence electrons. The number of carbonyl (C=O) groups excluding carboxylic acids is 3. The van der Waals surface area contributed by atoms with Crippen molar-refractivity contribution in [2.75, 3.05) is 15.5 Å². The summed E-state index contributed by atoms with van der Waals surface area (Å²) < 4.78 is 0. The van der Waals surface area contributed by atoms with Crippen LogP contribution in [0.25, 0.3) is 0 Å². The van der Waals surface area contributed by atoms with Crippen LogP contribution in [-0.4, -0.2) is 17.7 Å². The zero-order chi connectivity index (χ0) is 24.6. The number of anilines is 3. The minimum Gasteiger partial charge on any atom is -0.350 e. The van der Waals surface area contributed by atoms with Crippen LogP contribution < -0.4 is 15.5 Å². The molecule has 3 aromatic rings. The highest BCUT2D eigenvalue weighted by Gasteiger charge is 2.39. The van der Waals surface area contributed by atoms with E-state index in [-0.39, 0.29) is 15.8 Å². The molecule has 34 heavy (non-hydrogen) atoms. The second-order valence-corrected chi connectivity index (χ2v) is 8.92. The maximum atomic E-state index is 13.0. The standard InChI is InChI=1S/C24H15Cl4N3O3/c1-12-5-8-14(25)11-18(12)31-23(33)20(28)21(24(31)34)29-15-9-6-13(7-10-15)22(32)30-17-4-2-3-16(26)19(17)27/h2-11,29H,1H3,(H,30,32). The molecule has 0 atom stereocenters. The number of imide groups is 1. The van der Waals surface area contributed by atoms with Gasteiger partial charge in [0.25, 0.3) is 17.7 Å². The van der Waals surface area contributed by atoms with Crippen LogP contribution in [0, 0.1) is 6.92 Å². The number of hydrogen-bond acceptors (Lipinski definition) is 4. The van der Waals surface area contributed by atoms with Crippen LogP contribution in [0.5, 0.6) is 0 Å². The van der Waals surface area contributed by atoms with Crippen molar-refractivity contribution in [3.05, 3.63) is 97.6 Å². The fourth-order valence-electron chi connectivity index (χ4n) is 3.30. The van der Waals surface area contributed by atoms with E-state index in [4.69, 9.17) is 46.4 Å². The summed E-state index contributed by atoms with van der Waals surface area (Å²) in [6, 6.07) is 16.1. The normalized spacial score (nSPS) is 13.5. The van der Waals surface area contributed by atoms with Crippen molar-refractivity contribution in [1.29, 1.82) is 0 Å². The molecule has 0 saturated carbocycles. The lowest BCUT2D eigenvalue weighted by atomic mass is 10.1. The number of carbonyl (C=O) groups is 3. The van der Waals surface area contributed by atoms with Crippen LogP contribution in [0.1, 0.15) is 15.9 Å². The predicted octanol–water partition coefficient (Wildman–Crippen LogP) is 6.64. The van der Waals surface area contributed by atoms with Gasteiger partial charge in [-0.25, -0.2) is 4.90 Å². The van der Waals surface area contributed by atoms with Gasteiger partial charge in [-0.2, -0.15) is 0 Å². The van der Waals surface area contributed by atoms with Gasteiger partial charge in [0, 0.05) is 16.3 Å². The molecule has 0 unspecified atom stereocenters. The van der Waals surface area contributed by atoms with E-state index in [0.717, 1.165) is 4.90 Å². The summed E-state index contributed by atoms with van der Waals surface area (Å²) in [5, 5.41) is 6.25. The summed E-state index contributed by atoms with van der Waals surface area (Å²) >= 11 is 24.3. The average Bonchev–Trinajstić information content (AvgIpc) is 3.02. The Morgan fingerprint density at radius 3 is 2.29 bits per heavy atom. The van der Waals surface area contributed by atoms with Crippen LogP contribution in [0.4, 0.5) is 17.1 Å². The molecule has 0 fully saturated rings. The van der Waals surface area contributed by atoms with Gasteiger partial charge < -0.3 is 10.6 Å². The van der Waals surface area contributed by atoms with Gasteiger partial charge in [-0.1, -0.05) is 58.5 Å². The molecule has 10 heteroatoms. The quantitative estimate of drug-likeness (QED) is 0.359. The van der Waals surface area contributed by atoms with Crippen LogP contribution >= 0.6 is 46.4 Å². The molecular formula is C24H15Cl4N3O3. The van der Waals surface area contributed by atoms with Crippen molar-refractivity contribution in [3.8, 4) is 0 Å². The molecule has 1 aliphatic heterocycles. The second-order valence-electron chi connectivity index (χ2n) is 7.32. The van der Waals surface area contributed by atoms with E-state index in [2.05, 4.69) is 10.6 Å². The Labute approximate surface area is 215 Å². The number of halogens is 4. The van der Waals surface area contributed by atoms with Gasteiger partial charge in [-0.3, -0.25) is 14.4 Å². The summed E-state index contributed by atoms with van der Waals surface area (Å²) in [4.78, 5) is 39.2. The minimum absolute atomic E-state index is 0.0750. The van der Waals surface area contributed by atoms with E-state index in [0.29, 0.717) is 38.2 Å². The van der Waals surface area contributed by atoms with E-state index >= 15 is 0 Å². The monoisotopic (exact) mass is 533 g/mol. The highest BCUT2D eigenvalue weighted by Crippen LogP contribution is 2.34. The second kappa shape index (κ2) is 9.68. The molecule has 4 rings (SSSR count). The van der Waals surface area contributed by atoms with Gasteiger partial charge in [0.1, 0.15) is 10.7 Å². The number of benzene rings is 3. The van der Waals surface area contributed by atoms with Crippen molar-refractivity contribution < 1.29 is 14.4 Å². The Bertz CT molecular complexity index is 1370. The molecule has 0 aliphatic carbocycles. The molecule has 2 N–H and O–H groups in total. The number of rotatable bonds is 5. The number of nitrogens with one attached hydrogen (secondary N) is 2. The van der Waals surface area contributed by atoms with E-state index in [1.807, 2.05) is 0 Å². The molecule has 0 saturated heterocycles. The summed E-state index contributed by atoms with van der Waals surface area (Å²) in [7, 11) is 0. The molecule has 3 aromatic carbocycles. The lowest BCUT2D eigenvalue weighted by Crippen LogP contribution is -2.32. The molecule has 3 amide bonds. The van der Waals surface area contributed by atoms with Crippen LogP contribution in [0.3, 0.4) is 0 Å². The van der Waals surface area contributed by atoms with Crippen molar-refractivity contribution in [1.82, 2.24) is 0 Å². The maximum Gasteiger partial charge on any atom is 0.283 e. The number of nitrogens with zero attached hydrogens (tertiary/aromatic N) is 1. The molecule has 1 aliphatic rings. The highest BCUT2D eigenvalue weighted by atomic mass is 35.5. The van der Waals surface area contributed by atoms with Crippen LogP contribution in [0.2, 0.25) is 15.1 Å². The van der Waals surface area contributed by atoms with E-state index in [1.165, 1.54) is 6.07 Å². The smallest absolute Gasteiger partial charge is 0.283 e. The summed E-state index contributed by atoms with van der Waals surface area (Å²) in [6.07, 6.45) is 0. The molecule has 0 aromatic heterocycles. The Balaban J connectivity index is 1.51. The number of amides is 3. The first-order valence-electron chi connectivity index (χ1n) is 9.84. The Morgan fingerprint density at radius 1 is 0.882 bits per heavy atom. The van der Waals surface area contributed by atoms with Gasteiger partial charge in [-0.05, 0) is 61.0 Å². The first-order valence-corrected chi connectivity index (χ1v) is 11.4. The zero-order valence-corrected chi connectivity index (χ0v) is 20.5. The first-order chi connectivity index (χ1) is 16.2. The predicted molar refractivity (Wildman–Crippen MR) is 136 cm³/mol.